The monoisotopic (exact) mass is 379 g/mol. The van der Waals surface area contributed by atoms with Gasteiger partial charge in [-0.15, -0.1) is 0 Å². The van der Waals surface area contributed by atoms with Crippen LogP contribution in [0.2, 0.25) is 0 Å². The van der Waals surface area contributed by atoms with Crippen molar-refractivity contribution < 1.29 is 14.0 Å². The van der Waals surface area contributed by atoms with Crippen LogP contribution in [0.3, 0.4) is 0 Å². The number of benzene rings is 1. The second-order valence-corrected chi connectivity index (χ2v) is 6.01. The highest BCUT2D eigenvalue weighted by molar-refractivity contribution is 9.10. The minimum absolute atomic E-state index is 0.133. The Balaban J connectivity index is 1.91. The van der Waals surface area contributed by atoms with Gasteiger partial charge in [0.05, 0.1) is 6.54 Å². The average Bonchev–Trinajstić information content (AvgIpc) is 2.93. The third-order valence-corrected chi connectivity index (χ3v) is 3.63. The average molecular weight is 380 g/mol. The fraction of sp³-hybridized carbons (Fsp3) is 0.250. The summed E-state index contributed by atoms with van der Waals surface area (Å²) < 4.78 is 5.58. The smallest absolute Gasteiger partial charge is 0.287 e. The first-order chi connectivity index (χ1) is 10.9. The summed E-state index contributed by atoms with van der Waals surface area (Å²) >= 11 is 3.12. The lowest BCUT2D eigenvalue weighted by Gasteiger charge is -2.15. The highest BCUT2D eigenvalue weighted by Crippen LogP contribution is 2.21. The Hall–Kier alpha value is -2.28. The van der Waals surface area contributed by atoms with Gasteiger partial charge in [0.25, 0.3) is 5.91 Å². The number of carbonyl (C=O) groups excluding carboxylic acids is 2. The van der Waals surface area contributed by atoms with Gasteiger partial charge < -0.3 is 20.0 Å². The molecule has 7 heteroatoms. The summed E-state index contributed by atoms with van der Waals surface area (Å²) in [5.74, 6) is -0.591. The summed E-state index contributed by atoms with van der Waals surface area (Å²) in [7, 11) is 3.91. The molecule has 2 rings (SSSR count). The number of nitrogens with one attached hydrogen (secondary N) is 2. The number of aryl methyl sites for hydroxylation is 1. The molecule has 0 saturated carbocycles. The zero-order chi connectivity index (χ0) is 17.0. The van der Waals surface area contributed by atoms with Gasteiger partial charge in [-0.05, 0) is 58.7 Å². The van der Waals surface area contributed by atoms with Crippen molar-refractivity contribution in [3.8, 4) is 0 Å². The predicted octanol–water partition coefficient (Wildman–Crippen LogP) is 2.79. The molecule has 1 aromatic carbocycles. The van der Waals surface area contributed by atoms with Gasteiger partial charge in [-0.3, -0.25) is 9.59 Å². The van der Waals surface area contributed by atoms with E-state index in [4.69, 9.17) is 4.42 Å². The molecule has 0 aliphatic heterocycles. The maximum atomic E-state index is 11.9. The van der Waals surface area contributed by atoms with Gasteiger partial charge in [-0.1, -0.05) is 0 Å². The number of halogens is 1. The molecule has 122 valence electrons. The van der Waals surface area contributed by atoms with Crippen molar-refractivity contribution in [3.63, 3.8) is 0 Å². The normalized spacial score (nSPS) is 10.3. The van der Waals surface area contributed by atoms with E-state index in [9.17, 15) is 9.59 Å². The molecule has 6 nitrogen and oxygen atoms in total. The number of nitrogens with zero attached hydrogens (tertiary/aromatic N) is 1. The lowest BCUT2D eigenvalue weighted by atomic mass is 10.1. The quantitative estimate of drug-likeness (QED) is 0.837. The second-order valence-electron chi connectivity index (χ2n) is 5.23. The molecule has 2 N–H and O–H groups in total. The van der Waals surface area contributed by atoms with E-state index in [1.807, 2.05) is 44.1 Å². The van der Waals surface area contributed by atoms with Crippen LogP contribution in [0, 0.1) is 6.92 Å². The summed E-state index contributed by atoms with van der Waals surface area (Å²) in [6.07, 6.45) is 0. The lowest BCUT2D eigenvalue weighted by Crippen LogP contribution is -2.32. The third kappa shape index (κ3) is 4.59. The van der Waals surface area contributed by atoms with Crippen LogP contribution in [0.1, 0.15) is 16.1 Å². The first-order valence-corrected chi connectivity index (χ1v) is 7.77. The van der Waals surface area contributed by atoms with Crippen LogP contribution >= 0.6 is 15.9 Å². The van der Waals surface area contributed by atoms with Crippen molar-refractivity contribution >= 4 is 39.1 Å². The topological polar surface area (TPSA) is 74.6 Å². The third-order valence-electron chi connectivity index (χ3n) is 3.21. The van der Waals surface area contributed by atoms with Gasteiger partial charge in [0.2, 0.25) is 5.91 Å². The molecular weight excluding hydrogens is 362 g/mol. The molecule has 0 radical (unpaired) electrons. The van der Waals surface area contributed by atoms with Crippen molar-refractivity contribution in [1.29, 1.82) is 0 Å². The maximum absolute atomic E-state index is 11.9. The van der Waals surface area contributed by atoms with Crippen LogP contribution in [0.25, 0.3) is 0 Å². The number of carbonyl (C=O) groups is 2. The van der Waals surface area contributed by atoms with Gasteiger partial charge in [0.15, 0.2) is 10.4 Å². The molecule has 0 spiro atoms. The van der Waals surface area contributed by atoms with Crippen molar-refractivity contribution in [2.75, 3.05) is 30.9 Å². The maximum Gasteiger partial charge on any atom is 0.287 e. The first-order valence-electron chi connectivity index (χ1n) is 6.98. The van der Waals surface area contributed by atoms with Crippen LogP contribution in [-0.4, -0.2) is 32.5 Å². The SMILES string of the molecule is Cc1cc(N(C)C)ccc1NC(=O)CNC(=O)c1ccc(Br)o1. The molecule has 23 heavy (non-hydrogen) atoms. The van der Waals surface area contributed by atoms with Crippen molar-refractivity contribution in [3.05, 3.63) is 46.3 Å². The zero-order valence-corrected chi connectivity index (χ0v) is 14.7. The van der Waals surface area contributed by atoms with Gasteiger partial charge in [-0.2, -0.15) is 0 Å². The van der Waals surface area contributed by atoms with Gasteiger partial charge in [0, 0.05) is 25.5 Å². The zero-order valence-electron chi connectivity index (χ0n) is 13.1. The Morgan fingerprint density at radius 3 is 2.52 bits per heavy atom. The summed E-state index contributed by atoms with van der Waals surface area (Å²) in [6.45, 7) is 1.79. The standard InChI is InChI=1S/C16H18BrN3O3/c1-10-8-11(20(2)3)4-5-12(10)19-15(21)9-18-16(22)13-6-7-14(17)23-13/h4-8H,9H2,1-3H3,(H,18,22)(H,19,21). The predicted molar refractivity (Wildman–Crippen MR) is 92.9 cm³/mol. The van der Waals surface area contributed by atoms with Crippen LogP contribution in [0.4, 0.5) is 11.4 Å². The number of amides is 2. The van der Waals surface area contributed by atoms with E-state index in [-0.39, 0.29) is 18.2 Å². The molecule has 0 fully saturated rings. The number of hydrogen-bond donors (Lipinski definition) is 2. The molecule has 1 heterocycles. The first kappa shape index (κ1) is 17.1. The highest BCUT2D eigenvalue weighted by atomic mass is 79.9. The van der Waals surface area contributed by atoms with Crippen LogP contribution < -0.4 is 15.5 Å². The molecule has 0 atom stereocenters. The van der Waals surface area contributed by atoms with E-state index in [1.165, 1.54) is 6.07 Å². The Labute approximate surface area is 143 Å². The fourth-order valence-corrected chi connectivity index (χ4v) is 2.25. The van der Waals surface area contributed by atoms with Crippen LogP contribution in [-0.2, 0) is 4.79 Å². The summed E-state index contributed by atoms with van der Waals surface area (Å²) in [6, 6.07) is 8.89. The van der Waals surface area contributed by atoms with Crippen molar-refractivity contribution in [1.82, 2.24) is 5.32 Å². The summed E-state index contributed by atoms with van der Waals surface area (Å²) in [4.78, 5) is 25.7. The Kier molecular flexibility index (Phi) is 5.44. The molecule has 0 saturated heterocycles. The number of anilines is 2. The molecular formula is C16H18BrN3O3. The van der Waals surface area contributed by atoms with E-state index < -0.39 is 5.91 Å². The molecule has 0 unspecified atom stereocenters. The van der Waals surface area contributed by atoms with E-state index >= 15 is 0 Å². The molecule has 0 aliphatic carbocycles. The lowest BCUT2D eigenvalue weighted by molar-refractivity contribution is -0.115. The van der Waals surface area contributed by atoms with E-state index in [1.54, 1.807) is 6.07 Å². The van der Waals surface area contributed by atoms with Crippen LogP contribution in [0.15, 0.2) is 39.4 Å². The van der Waals surface area contributed by atoms with Gasteiger partial charge in [-0.25, -0.2) is 0 Å². The molecule has 1 aromatic heterocycles. The molecule has 2 aromatic rings. The summed E-state index contributed by atoms with van der Waals surface area (Å²) in [5, 5.41) is 5.28. The number of hydrogen-bond acceptors (Lipinski definition) is 4. The summed E-state index contributed by atoms with van der Waals surface area (Å²) in [5.41, 5.74) is 2.72. The van der Waals surface area contributed by atoms with Gasteiger partial charge >= 0.3 is 0 Å². The fourth-order valence-electron chi connectivity index (χ4n) is 1.94. The second kappa shape index (κ2) is 7.32. The Morgan fingerprint density at radius 1 is 1.22 bits per heavy atom. The minimum atomic E-state index is -0.439. The van der Waals surface area contributed by atoms with E-state index in [0.717, 1.165) is 16.9 Å². The van der Waals surface area contributed by atoms with E-state index in [2.05, 4.69) is 26.6 Å². The number of furan rings is 1. The minimum Gasteiger partial charge on any atom is -0.444 e. The molecule has 2 amide bonds. The van der Waals surface area contributed by atoms with Crippen molar-refractivity contribution in [2.24, 2.45) is 0 Å². The van der Waals surface area contributed by atoms with Gasteiger partial charge in [0.1, 0.15) is 0 Å². The van der Waals surface area contributed by atoms with Crippen LogP contribution in [0.5, 0.6) is 0 Å². The Bertz CT molecular complexity index is 725. The highest BCUT2D eigenvalue weighted by Gasteiger charge is 2.12. The Morgan fingerprint density at radius 2 is 1.96 bits per heavy atom. The molecule has 0 bridgehead atoms. The molecule has 0 aliphatic rings. The largest absolute Gasteiger partial charge is 0.444 e. The number of rotatable bonds is 5. The van der Waals surface area contributed by atoms with Crippen molar-refractivity contribution in [2.45, 2.75) is 6.92 Å². The van der Waals surface area contributed by atoms with E-state index in [0.29, 0.717) is 4.67 Å².